The number of rotatable bonds is 5. The van der Waals surface area contributed by atoms with Crippen molar-refractivity contribution < 1.29 is 22.4 Å². The largest absolute Gasteiger partial charge is 0.368 e. The highest BCUT2D eigenvalue weighted by atomic mass is 19.3. The van der Waals surface area contributed by atoms with Crippen molar-refractivity contribution in [3.8, 4) is 0 Å². The van der Waals surface area contributed by atoms with E-state index in [1.54, 1.807) is 12.1 Å². The zero-order valence-corrected chi connectivity index (χ0v) is 19.5. The highest BCUT2D eigenvalue weighted by molar-refractivity contribution is 5.92. The van der Waals surface area contributed by atoms with Crippen LogP contribution in [0.25, 0.3) is 11.0 Å². The third kappa shape index (κ3) is 4.52. The van der Waals surface area contributed by atoms with Gasteiger partial charge in [-0.25, -0.2) is 27.5 Å². The van der Waals surface area contributed by atoms with E-state index in [4.69, 9.17) is 0 Å². The molecule has 1 aliphatic heterocycles. The molecule has 3 heterocycles. The summed E-state index contributed by atoms with van der Waals surface area (Å²) in [7, 11) is 1.40. The Morgan fingerprint density at radius 3 is 2.56 bits per heavy atom. The normalized spacial score (nSPS) is 18.3. The van der Waals surface area contributed by atoms with Crippen molar-refractivity contribution in [1.29, 1.82) is 0 Å². The number of hydrogen-bond acceptors (Lipinski definition) is 6. The van der Waals surface area contributed by atoms with Crippen LogP contribution in [-0.4, -0.2) is 64.9 Å². The van der Waals surface area contributed by atoms with Crippen LogP contribution in [0.5, 0.6) is 0 Å². The zero-order valence-electron chi connectivity index (χ0n) is 19.5. The molecule has 2 aromatic heterocycles. The van der Waals surface area contributed by atoms with Gasteiger partial charge >= 0.3 is 0 Å². The monoisotopic (exact) mass is 504 g/mol. The van der Waals surface area contributed by atoms with Gasteiger partial charge in [-0.1, -0.05) is 6.07 Å². The van der Waals surface area contributed by atoms with Gasteiger partial charge in [-0.3, -0.25) is 14.5 Å². The van der Waals surface area contributed by atoms with Crippen molar-refractivity contribution >= 4 is 22.6 Å². The molecule has 2 fully saturated rings. The maximum absolute atomic E-state index is 15.2. The Labute approximate surface area is 203 Å². The molecule has 1 aliphatic carbocycles. The third-order valence-corrected chi connectivity index (χ3v) is 6.79. The molecular formula is C24H24F4N6O2. The molecule has 1 amide bonds. The molecule has 0 unspecified atom stereocenters. The van der Waals surface area contributed by atoms with Gasteiger partial charge in [-0.15, -0.1) is 0 Å². The topological polar surface area (TPSA) is 94.2 Å². The van der Waals surface area contributed by atoms with Crippen LogP contribution >= 0.6 is 0 Å². The number of anilines is 1. The molecule has 1 aromatic carbocycles. The van der Waals surface area contributed by atoms with Gasteiger partial charge in [0.2, 0.25) is 5.92 Å². The van der Waals surface area contributed by atoms with E-state index in [0.717, 1.165) is 0 Å². The number of H-pyrrole nitrogens is 1. The minimum Gasteiger partial charge on any atom is -0.368 e. The summed E-state index contributed by atoms with van der Waals surface area (Å²) in [5.41, 5.74) is 0.225. The molecule has 190 valence electrons. The van der Waals surface area contributed by atoms with Crippen LogP contribution in [0.15, 0.2) is 29.2 Å². The third-order valence-electron chi connectivity index (χ3n) is 6.79. The van der Waals surface area contributed by atoms with E-state index in [1.165, 1.54) is 19.3 Å². The van der Waals surface area contributed by atoms with Gasteiger partial charge in [0.05, 0.1) is 17.4 Å². The first-order valence-corrected chi connectivity index (χ1v) is 11.6. The van der Waals surface area contributed by atoms with Gasteiger partial charge in [0, 0.05) is 70.2 Å². The van der Waals surface area contributed by atoms with Crippen LogP contribution in [0.4, 0.5) is 23.2 Å². The summed E-state index contributed by atoms with van der Waals surface area (Å²) in [5.74, 6) is -5.31. The van der Waals surface area contributed by atoms with Crippen LogP contribution < -0.4 is 15.8 Å². The number of nitrogens with one attached hydrogen (secondary N) is 2. The zero-order chi connectivity index (χ0) is 25.6. The van der Waals surface area contributed by atoms with Gasteiger partial charge in [0.25, 0.3) is 11.5 Å². The number of aromatic amines is 1. The van der Waals surface area contributed by atoms with Crippen molar-refractivity contribution in [3.63, 3.8) is 0 Å². The first-order valence-electron chi connectivity index (χ1n) is 11.6. The van der Waals surface area contributed by atoms with Crippen molar-refractivity contribution in [2.24, 2.45) is 0 Å². The lowest BCUT2D eigenvalue weighted by Gasteiger charge is -2.36. The summed E-state index contributed by atoms with van der Waals surface area (Å²) < 4.78 is 55.9. The van der Waals surface area contributed by atoms with E-state index in [2.05, 4.69) is 20.3 Å². The lowest BCUT2D eigenvalue weighted by atomic mass is 9.79. The Kier molecular flexibility index (Phi) is 6.15. The molecule has 0 atom stereocenters. The SMILES string of the molecule is CNC(=O)c1ncc(N2CCN(Cc3ccc4nc(C5CC(F)(F)C5)c(=O)[nH]c4c3F)CC2)cc1F. The van der Waals surface area contributed by atoms with Crippen LogP contribution in [0, 0.1) is 11.6 Å². The number of fused-ring (bicyclic) bond motifs is 1. The molecule has 2 aliphatic rings. The van der Waals surface area contributed by atoms with Crippen LogP contribution in [0.1, 0.15) is 40.5 Å². The molecule has 0 bridgehead atoms. The van der Waals surface area contributed by atoms with E-state index in [1.807, 2.05) is 9.80 Å². The minimum atomic E-state index is -2.79. The second kappa shape index (κ2) is 9.16. The van der Waals surface area contributed by atoms with Gasteiger partial charge in [0.1, 0.15) is 11.2 Å². The molecule has 8 nitrogen and oxygen atoms in total. The van der Waals surface area contributed by atoms with Gasteiger partial charge in [-0.2, -0.15) is 0 Å². The van der Waals surface area contributed by atoms with Gasteiger partial charge in [-0.05, 0) is 6.07 Å². The second-order valence-corrected chi connectivity index (χ2v) is 9.21. The predicted octanol–water partition coefficient (Wildman–Crippen LogP) is 2.79. The second-order valence-electron chi connectivity index (χ2n) is 9.21. The Balaban J connectivity index is 1.26. The van der Waals surface area contributed by atoms with Crippen molar-refractivity contribution in [2.75, 3.05) is 38.1 Å². The van der Waals surface area contributed by atoms with Crippen LogP contribution in [0.3, 0.4) is 0 Å². The van der Waals surface area contributed by atoms with Gasteiger partial charge in [0.15, 0.2) is 17.3 Å². The first-order chi connectivity index (χ1) is 17.1. The smallest absolute Gasteiger partial charge is 0.272 e. The number of halogens is 4. The standard InChI is InChI=1S/C24H24F4N6O2/c1-29-22(35)20-16(25)8-15(11-30-20)34-6-4-33(5-7-34)12-13-2-3-17-21(18(13)26)32-23(36)19(31-17)14-9-24(27,28)10-14/h2-3,8,11,14H,4-7,9-10,12H2,1H3,(H,29,35)(H,32,36). The molecule has 1 saturated heterocycles. The minimum absolute atomic E-state index is 0.0194. The fourth-order valence-corrected chi connectivity index (χ4v) is 4.72. The molecule has 0 radical (unpaired) electrons. The number of aromatic nitrogens is 3. The molecule has 2 N–H and O–H groups in total. The molecule has 3 aromatic rings. The first kappa shape index (κ1) is 24.2. The number of hydrogen-bond donors (Lipinski definition) is 2. The fourth-order valence-electron chi connectivity index (χ4n) is 4.72. The highest BCUT2D eigenvalue weighted by Gasteiger charge is 2.47. The summed E-state index contributed by atoms with van der Waals surface area (Å²) in [6.07, 6.45) is 0.596. The summed E-state index contributed by atoms with van der Waals surface area (Å²) in [5, 5.41) is 2.34. The Bertz CT molecular complexity index is 1380. The number of pyridine rings is 1. The average molecular weight is 504 g/mol. The molecule has 1 saturated carbocycles. The predicted molar refractivity (Wildman–Crippen MR) is 124 cm³/mol. The molecule has 5 rings (SSSR count). The Morgan fingerprint density at radius 2 is 1.92 bits per heavy atom. The molecular weight excluding hydrogens is 480 g/mol. The average Bonchev–Trinajstić information content (AvgIpc) is 2.84. The van der Waals surface area contributed by atoms with E-state index in [-0.39, 0.29) is 29.0 Å². The molecule has 0 spiro atoms. The summed E-state index contributed by atoms with van der Waals surface area (Å²) >= 11 is 0. The highest BCUT2D eigenvalue weighted by Crippen LogP contribution is 2.47. The van der Waals surface area contributed by atoms with Crippen molar-refractivity contribution in [3.05, 3.63) is 63.3 Å². The van der Waals surface area contributed by atoms with Gasteiger partial charge < -0.3 is 15.2 Å². The Morgan fingerprint density at radius 1 is 1.19 bits per heavy atom. The van der Waals surface area contributed by atoms with E-state index < -0.39 is 47.8 Å². The van der Waals surface area contributed by atoms with Crippen LogP contribution in [-0.2, 0) is 6.54 Å². The summed E-state index contributed by atoms with van der Waals surface area (Å²) in [4.78, 5) is 38.6. The lowest BCUT2D eigenvalue weighted by Crippen LogP contribution is -2.46. The number of alkyl halides is 2. The summed E-state index contributed by atoms with van der Waals surface area (Å²) in [6, 6.07) is 4.45. The Hall–Kier alpha value is -3.54. The fraction of sp³-hybridized carbons (Fsp3) is 0.417. The molecule has 12 heteroatoms. The maximum atomic E-state index is 15.2. The number of piperazine rings is 1. The van der Waals surface area contributed by atoms with E-state index in [0.29, 0.717) is 37.4 Å². The van der Waals surface area contributed by atoms with Crippen molar-refractivity contribution in [2.45, 2.75) is 31.2 Å². The van der Waals surface area contributed by atoms with Crippen molar-refractivity contribution in [1.82, 2.24) is 25.2 Å². The van der Waals surface area contributed by atoms with E-state index >= 15 is 4.39 Å². The van der Waals surface area contributed by atoms with Crippen LogP contribution in [0.2, 0.25) is 0 Å². The number of carbonyl (C=O) groups is 1. The molecule has 36 heavy (non-hydrogen) atoms. The van der Waals surface area contributed by atoms with E-state index in [9.17, 15) is 22.8 Å². The summed E-state index contributed by atoms with van der Waals surface area (Å²) in [6.45, 7) is 2.52. The maximum Gasteiger partial charge on any atom is 0.272 e. The number of amides is 1. The lowest BCUT2D eigenvalue weighted by molar-refractivity contribution is -0.0878. The number of nitrogens with zero attached hydrogens (tertiary/aromatic N) is 4. The quantitative estimate of drug-likeness (QED) is 0.519. The number of carbonyl (C=O) groups excluding carboxylic acids is 1. The number of benzene rings is 1.